The highest BCUT2D eigenvalue weighted by molar-refractivity contribution is 5.70. The zero-order chi connectivity index (χ0) is 17.6. The lowest BCUT2D eigenvalue weighted by Gasteiger charge is -2.09. The van der Waals surface area contributed by atoms with E-state index in [1.165, 1.54) is 56.9 Å². The molecule has 0 aliphatic rings. The molecule has 1 heterocycles. The predicted molar refractivity (Wildman–Crippen MR) is 94.8 cm³/mol. The van der Waals surface area contributed by atoms with E-state index in [4.69, 9.17) is 9.84 Å². The summed E-state index contributed by atoms with van der Waals surface area (Å²) in [6.07, 6.45) is 14.0. The lowest BCUT2D eigenvalue weighted by molar-refractivity contribution is -0.607. The Balaban J connectivity index is 2.33. The van der Waals surface area contributed by atoms with Crippen LogP contribution in [0.25, 0.3) is 6.08 Å². The van der Waals surface area contributed by atoms with Crippen LogP contribution < -0.4 is 9.47 Å². The first-order chi connectivity index (χ1) is 11.6. The van der Waals surface area contributed by atoms with Crippen molar-refractivity contribution in [2.24, 2.45) is 0 Å². The van der Waals surface area contributed by atoms with E-state index in [0.717, 1.165) is 12.8 Å². The Morgan fingerprint density at radius 3 is 2.54 bits per heavy atom. The van der Waals surface area contributed by atoms with Gasteiger partial charge in [-0.3, -0.25) is 4.79 Å². The van der Waals surface area contributed by atoms with E-state index < -0.39 is 5.97 Å². The summed E-state index contributed by atoms with van der Waals surface area (Å²) in [5.74, 6) is -0.432. The van der Waals surface area contributed by atoms with Crippen LogP contribution in [0.2, 0.25) is 0 Å². The molecule has 0 saturated carbocycles. The minimum atomic E-state index is -0.930. The molecule has 0 atom stereocenters. The van der Waals surface area contributed by atoms with Crippen molar-refractivity contribution in [3.05, 3.63) is 35.3 Å². The molecular weight excluding hydrogens is 306 g/mol. The second-order valence-electron chi connectivity index (χ2n) is 5.91. The van der Waals surface area contributed by atoms with Crippen LogP contribution in [0.3, 0.4) is 0 Å². The molecule has 0 spiro atoms. The number of rotatable bonds is 13. The molecule has 0 aliphatic heterocycles. The maximum Gasteiger partial charge on any atom is 0.307 e. The van der Waals surface area contributed by atoms with Gasteiger partial charge in [-0.1, -0.05) is 57.9 Å². The van der Waals surface area contributed by atoms with Crippen molar-refractivity contribution >= 4 is 12.0 Å². The van der Waals surface area contributed by atoms with Gasteiger partial charge < -0.3 is 15.1 Å². The van der Waals surface area contributed by atoms with Crippen molar-refractivity contribution in [1.82, 2.24) is 0 Å². The van der Waals surface area contributed by atoms with Gasteiger partial charge in [0.05, 0.1) is 13.0 Å². The number of carboxylic acids is 1. The van der Waals surface area contributed by atoms with Gasteiger partial charge in [0.25, 0.3) is 5.69 Å². The van der Waals surface area contributed by atoms with E-state index in [1.54, 1.807) is 12.1 Å². The minimum Gasteiger partial charge on any atom is -0.618 e. The smallest absolute Gasteiger partial charge is 0.307 e. The fraction of sp³-hybridized carbons (Fsp3) is 0.579. The van der Waals surface area contributed by atoms with Crippen LogP contribution >= 0.6 is 0 Å². The maximum atomic E-state index is 11.8. The third-order valence-corrected chi connectivity index (χ3v) is 3.78. The van der Waals surface area contributed by atoms with Crippen molar-refractivity contribution in [3.8, 4) is 5.75 Å². The summed E-state index contributed by atoms with van der Waals surface area (Å²) in [5.41, 5.74) is 0.346. The predicted octanol–water partition coefficient (Wildman–Crippen LogP) is 4.33. The minimum absolute atomic E-state index is 0.119. The summed E-state index contributed by atoms with van der Waals surface area (Å²) in [5, 5.41) is 20.5. The largest absolute Gasteiger partial charge is 0.618 e. The van der Waals surface area contributed by atoms with E-state index >= 15 is 0 Å². The molecule has 5 heteroatoms. The number of aliphatic carboxylic acids is 1. The van der Waals surface area contributed by atoms with E-state index in [-0.39, 0.29) is 6.42 Å². The first-order valence-corrected chi connectivity index (χ1v) is 8.88. The average Bonchev–Trinajstić information content (AvgIpc) is 2.55. The molecule has 0 unspecified atom stereocenters. The molecule has 0 aromatic carbocycles. The first-order valence-electron chi connectivity index (χ1n) is 8.88. The SMILES string of the molecule is CCCCCCCCCCOc1ccc[n+]([O-])c1C=CCC(=O)O. The van der Waals surface area contributed by atoms with Crippen molar-refractivity contribution in [2.45, 2.75) is 64.7 Å². The Bertz CT molecular complexity index is 514. The van der Waals surface area contributed by atoms with Gasteiger partial charge in [0.15, 0.2) is 11.9 Å². The molecule has 1 aromatic rings. The van der Waals surface area contributed by atoms with Gasteiger partial charge in [0.2, 0.25) is 0 Å². The topological polar surface area (TPSA) is 73.5 Å². The average molecular weight is 335 g/mol. The van der Waals surface area contributed by atoms with Crippen LogP contribution in [0.1, 0.15) is 70.4 Å². The summed E-state index contributed by atoms with van der Waals surface area (Å²) in [6.45, 7) is 2.79. The Hall–Kier alpha value is -2.04. The number of hydrogen-bond donors (Lipinski definition) is 1. The molecule has 1 rings (SSSR count). The third-order valence-electron chi connectivity index (χ3n) is 3.78. The Kier molecular flexibility index (Phi) is 10.3. The zero-order valence-electron chi connectivity index (χ0n) is 14.6. The summed E-state index contributed by atoms with van der Waals surface area (Å²) >= 11 is 0. The second kappa shape index (κ2) is 12.4. The molecule has 0 saturated heterocycles. The molecule has 0 amide bonds. The number of aromatic nitrogens is 1. The first kappa shape index (κ1) is 20.0. The Morgan fingerprint density at radius 2 is 1.88 bits per heavy atom. The van der Waals surface area contributed by atoms with Crippen LogP contribution in [0, 0.1) is 5.21 Å². The molecule has 134 valence electrons. The second-order valence-corrected chi connectivity index (χ2v) is 5.91. The number of pyridine rings is 1. The number of ether oxygens (including phenoxy) is 1. The number of carboxylic acid groups (broad SMARTS) is 1. The quantitative estimate of drug-likeness (QED) is 0.331. The summed E-state index contributed by atoms with van der Waals surface area (Å²) < 4.78 is 6.40. The van der Waals surface area contributed by atoms with Crippen molar-refractivity contribution in [3.63, 3.8) is 0 Å². The highest BCUT2D eigenvalue weighted by Gasteiger charge is 2.10. The molecule has 5 nitrogen and oxygen atoms in total. The van der Waals surface area contributed by atoms with Crippen LogP contribution in [0.15, 0.2) is 24.4 Å². The summed E-state index contributed by atoms with van der Waals surface area (Å²) in [4.78, 5) is 10.5. The highest BCUT2D eigenvalue weighted by Crippen LogP contribution is 2.17. The summed E-state index contributed by atoms with van der Waals surface area (Å²) in [7, 11) is 0. The van der Waals surface area contributed by atoms with Gasteiger partial charge in [-0.05, 0) is 12.5 Å². The molecule has 1 aromatic heterocycles. The lowest BCUT2D eigenvalue weighted by atomic mass is 10.1. The monoisotopic (exact) mass is 335 g/mol. The maximum absolute atomic E-state index is 11.8. The van der Waals surface area contributed by atoms with E-state index in [0.29, 0.717) is 22.8 Å². The Labute approximate surface area is 144 Å². The zero-order valence-corrected chi connectivity index (χ0v) is 14.6. The lowest BCUT2D eigenvalue weighted by Crippen LogP contribution is -2.29. The van der Waals surface area contributed by atoms with Crippen LogP contribution in [-0.4, -0.2) is 17.7 Å². The fourth-order valence-electron chi connectivity index (χ4n) is 2.45. The summed E-state index contributed by atoms with van der Waals surface area (Å²) in [6, 6.07) is 3.37. The van der Waals surface area contributed by atoms with Crippen molar-refractivity contribution < 1.29 is 19.4 Å². The molecule has 24 heavy (non-hydrogen) atoms. The molecule has 0 aliphatic carbocycles. The van der Waals surface area contributed by atoms with Gasteiger partial charge >= 0.3 is 5.97 Å². The van der Waals surface area contributed by atoms with E-state index in [2.05, 4.69) is 6.92 Å². The molecule has 0 radical (unpaired) electrons. The third kappa shape index (κ3) is 8.56. The van der Waals surface area contributed by atoms with Gasteiger partial charge in [-0.25, -0.2) is 0 Å². The van der Waals surface area contributed by atoms with Crippen molar-refractivity contribution in [2.75, 3.05) is 6.61 Å². The van der Waals surface area contributed by atoms with Gasteiger partial charge in [-0.15, -0.1) is 0 Å². The van der Waals surface area contributed by atoms with E-state index in [9.17, 15) is 10.0 Å². The Morgan fingerprint density at radius 1 is 1.21 bits per heavy atom. The number of carbonyl (C=O) groups is 1. The van der Waals surface area contributed by atoms with Crippen molar-refractivity contribution in [1.29, 1.82) is 0 Å². The van der Waals surface area contributed by atoms with Crippen LogP contribution in [0.5, 0.6) is 5.75 Å². The van der Waals surface area contributed by atoms with Gasteiger partial charge in [0.1, 0.15) is 0 Å². The number of nitrogens with zero attached hydrogens (tertiary/aromatic N) is 1. The number of hydrogen-bond acceptors (Lipinski definition) is 3. The van der Waals surface area contributed by atoms with E-state index in [1.807, 2.05) is 0 Å². The molecule has 1 N–H and O–H groups in total. The van der Waals surface area contributed by atoms with Crippen LogP contribution in [-0.2, 0) is 4.79 Å². The fourth-order valence-corrected chi connectivity index (χ4v) is 2.45. The molecule has 0 fully saturated rings. The molecule has 0 bridgehead atoms. The highest BCUT2D eigenvalue weighted by atomic mass is 16.5. The van der Waals surface area contributed by atoms with Gasteiger partial charge in [0, 0.05) is 12.1 Å². The standard InChI is InChI=1S/C19H29NO4/c1-2-3-4-5-6-7-8-9-16-24-18-13-11-15-20(23)17(18)12-10-14-19(21)22/h10-13,15H,2-9,14,16H2,1H3,(H,21,22). The normalized spacial score (nSPS) is 11.0. The van der Waals surface area contributed by atoms with Gasteiger partial charge in [-0.2, -0.15) is 4.73 Å². The molecular formula is C19H29NO4. The number of unbranched alkanes of at least 4 members (excludes halogenated alkanes) is 7. The van der Waals surface area contributed by atoms with Crippen LogP contribution in [0.4, 0.5) is 0 Å².